The molecule has 0 aliphatic carbocycles. The number of hydrogen-bond acceptors (Lipinski definition) is 2. The smallest absolute Gasteiger partial charge is 0.330 e. The molecule has 0 saturated heterocycles. The topological polar surface area (TPSA) is 26.3 Å². The van der Waals surface area contributed by atoms with Crippen LogP contribution >= 0.6 is 0 Å². The molecular formula is C26H44NO2+. The minimum atomic E-state index is -0.346. The van der Waals surface area contributed by atoms with Crippen molar-refractivity contribution in [2.24, 2.45) is 0 Å². The summed E-state index contributed by atoms with van der Waals surface area (Å²) in [5.41, 5.74) is 2.77. The van der Waals surface area contributed by atoms with Gasteiger partial charge in [0.15, 0.2) is 0 Å². The number of benzene rings is 1. The van der Waals surface area contributed by atoms with Crippen LogP contribution in [-0.4, -0.2) is 37.7 Å². The molecule has 3 heteroatoms. The van der Waals surface area contributed by atoms with Crippen LogP contribution in [-0.2, 0) is 22.5 Å². The van der Waals surface area contributed by atoms with Gasteiger partial charge in [0, 0.05) is 11.6 Å². The van der Waals surface area contributed by atoms with Crippen molar-refractivity contribution >= 4 is 5.97 Å². The van der Waals surface area contributed by atoms with Crippen molar-refractivity contribution in [3.8, 4) is 0 Å². The molecule has 164 valence electrons. The normalized spacial score (nSPS) is 11.4. The molecule has 0 aliphatic rings. The Morgan fingerprint density at radius 2 is 1.41 bits per heavy atom. The van der Waals surface area contributed by atoms with E-state index in [-0.39, 0.29) is 5.97 Å². The summed E-state index contributed by atoms with van der Waals surface area (Å²) < 4.78 is 5.91. The van der Waals surface area contributed by atoms with Gasteiger partial charge < -0.3 is 9.22 Å². The molecule has 0 aromatic heterocycles. The van der Waals surface area contributed by atoms with Crippen LogP contribution in [0.4, 0.5) is 0 Å². The van der Waals surface area contributed by atoms with E-state index in [4.69, 9.17) is 4.74 Å². The minimum absolute atomic E-state index is 0.346. The fourth-order valence-electron chi connectivity index (χ4n) is 3.65. The van der Waals surface area contributed by atoms with Crippen LogP contribution in [0.5, 0.6) is 0 Å². The molecule has 0 saturated carbocycles. The lowest BCUT2D eigenvalue weighted by Crippen LogP contribution is -2.41. The molecule has 0 spiro atoms. The van der Waals surface area contributed by atoms with Crippen molar-refractivity contribution in [2.45, 2.75) is 84.1 Å². The number of quaternary nitrogens is 1. The number of carbonyl (C=O) groups excluding carboxylic acids is 1. The molecule has 0 amide bonds. The number of ether oxygens (including phenoxy) is 1. The van der Waals surface area contributed by atoms with Crippen LogP contribution in [0, 0.1) is 0 Å². The first-order valence-electron chi connectivity index (χ1n) is 11.7. The molecule has 0 N–H and O–H groups in total. The Bertz CT molecular complexity index is 563. The number of carbonyl (C=O) groups is 1. The second kappa shape index (κ2) is 15.3. The highest BCUT2D eigenvalue weighted by molar-refractivity contribution is 5.81. The molecule has 1 aromatic carbocycles. The zero-order chi connectivity index (χ0) is 21.4. The summed E-state index contributed by atoms with van der Waals surface area (Å²) in [5.74, 6) is -0.346. The first-order valence-corrected chi connectivity index (χ1v) is 11.7. The lowest BCUT2D eigenvalue weighted by Gasteiger charge is -2.29. The van der Waals surface area contributed by atoms with Crippen molar-refractivity contribution in [3.63, 3.8) is 0 Å². The van der Waals surface area contributed by atoms with Crippen molar-refractivity contribution in [3.05, 3.63) is 48.0 Å². The summed E-state index contributed by atoms with van der Waals surface area (Å²) in [7, 11) is 4.33. The molecule has 0 radical (unpaired) electrons. The summed E-state index contributed by atoms with van der Waals surface area (Å²) in [6.45, 7) is 7.85. The SMILES string of the molecule is C=CC(=O)OCC[N+](C)(C)Cc1ccc(CCCCCCCCCCCC)cc1. The first kappa shape index (κ1) is 25.4. The van der Waals surface area contributed by atoms with Gasteiger partial charge in [0.05, 0.1) is 14.1 Å². The van der Waals surface area contributed by atoms with E-state index in [9.17, 15) is 4.79 Å². The van der Waals surface area contributed by atoms with Crippen molar-refractivity contribution in [1.82, 2.24) is 0 Å². The average Bonchev–Trinajstić information content (AvgIpc) is 2.70. The predicted molar refractivity (Wildman–Crippen MR) is 124 cm³/mol. The van der Waals surface area contributed by atoms with Gasteiger partial charge in [0.1, 0.15) is 19.7 Å². The second-order valence-electron chi connectivity index (χ2n) is 8.94. The number of unbranched alkanes of at least 4 members (excludes halogenated alkanes) is 9. The van der Waals surface area contributed by atoms with Crippen LogP contribution in [0.3, 0.4) is 0 Å². The van der Waals surface area contributed by atoms with Gasteiger partial charge in [-0.3, -0.25) is 0 Å². The van der Waals surface area contributed by atoms with Gasteiger partial charge in [-0.1, -0.05) is 95.6 Å². The van der Waals surface area contributed by atoms with Gasteiger partial charge in [-0.05, 0) is 18.4 Å². The Labute approximate surface area is 179 Å². The molecule has 0 bridgehead atoms. The summed E-state index contributed by atoms with van der Waals surface area (Å²) in [6, 6.07) is 9.06. The Morgan fingerprint density at radius 1 is 0.897 bits per heavy atom. The first-order chi connectivity index (χ1) is 14.0. The monoisotopic (exact) mass is 402 g/mol. The molecule has 1 aromatic rings. The fraction of sp³-hybridized carbons (Fsp3) is 0.654. The van der Waals surface area contributed by atoms with E-state index in [1.165, 1.54) is 87.8 Å². The summed E-state index contributed by atoms with van der Waals surface area (Å²) >= 11 is 0. The van der Waals surface area contributed by atoms with Crippen molar-refractivity contribution < 1.29 is 14.0 Å². The largest absolute Gasteiger partial charge is 0.457 e. The minimum Gasteiger partial charge on any atom is -0.457 e. The molecule has 0 atom stereocenters. The predicted octanol–water partition coefficient (Wildman–Crippen LogP) is 6.46. The number of hydrogen-bond donors (Lipinski definition) is 0. The molecule has 0 heterocycles. The lowest BCUT2D eigenvalue weighted by molar-refractivity contribution is -0.903. The van der Waals surface area contributed by atoms with E-state index in [0.29, 0.717) is 6.61 Å². The number of nitrogens with zero attached hydrogens (tertiary/aromatic N) is 1. The number of rotatable bonds is 17. The molecule has 0 aliphatic heterocycles. The third-order valence-corrected chi connectivity index (χ3v) is 5.56. The van der Waals surface area contributed by atoms with E-state index >= 15 is 0 Å². The standard InChI is InChI=1S/C26H44NO2/c1-5-7-8-9-10-11-12-13-14-15-16-24-17-19-25(20-18-24)23-27(3,4)21-22-29-26(28)6-2/h6,17-20H,2,5,7-16,21-23H2,1,3-4H3/q+1. The van der Waals surface area contributed by atoms with Gasteiger partial charge >= 0.3 is 5.97 Å². The Hall–Kier alpha value is -1.61. The molecule has 3 nitrogen and oxygen atoms in total. The highest BCUT2D eigenvalue weighted by atomic mass is 16.5. The van der Waals surface area contributed by atoms with E-state index in [0.717, 1.165) is 17.6 Å². The molecule has 0 fully saturated rings. The van der Waals surface area contributed by atoms with Gasteiger partial charge in [0.2, 0.25) is 0 Å². The molecule has 0 unspecified atom stereocenters. The van der Waals surface area contributed by atoms with E-state index < -0.39 is 0 Å². The molecular weight excluding hydrogens is 358 g/mol. The van der Waals surface area contributed by atoms with Crippen LogP contribution in [0.25, 0.3) is 0 Å². The van der Waals surface area contributed by atoms with Crippen LogP contribution in [0.15, 0.2) is 36.9 Å². The lowest BCUT2D eigenvalue weighted by atomic mass is 10.0. The van der Waals surface area contributed by atoms with Crippen LogP contribution < -0.4 is 0 Å². The van der Waals surface area contributed by atoms with Gasteiger partial charge in [-0.2, -0.15) is 0 Å². The fourth-order valence-corrected chi connectivity index (χ4v) is 3.65. The third-order valence-electron chi connectivity index (χ3n) is 5.56. The number of likely N-dealkylation sites (N-methyl/N-ethyl adjacent to an activating group) is 1. The molecule has 1 rings (SSSR count). The van der Waals surface area contributed by atoms with E-state index in [1.807, 2.05) is 0 Å². The summed E-state index contributed by atoms with van der Waals surface area (Å²) in [5, 5.41) is 0. The Morgan fingerprint density at radius 3 is 1.97 bits per heavy atom. The van der Waals surface area contributed by atoms with Gasteiger partial charge in [-0.15, -0.1) is 0 Å². The van der Waals surface area contributed by atoms with Crippen LogP contribution in [0.2, 0.25) is 0 Å². The zero-order valence-electron chi connectivity index (χ0n) is 19.3. The molecule has 29 heavy (non-hydrogen) atoms. The quantitative estimate of drug-likeness (QED) is 0.129. The van der Waals surface area contributed by atoms with Crippen LogP contribution in [0.1, 0.15) is 82.3 Å². The maximum absolute atomic E-state index is 11.2. The van der Waals surface area contributed by atoms with Gasteiger partial charge in [0.25, 0.3) is 0 Å². The second-order valence-corrected chi connectivity index (χ2v) is 8.94. The van der Waals surface area contributed by atoms with E-state index in [2.05, 4.69) is 51.9 Å². The summed E-state index contributed by atoms with van der Waals surface area (Å²) in [6.07, 6.45) is 16.3. The average molecular weight is 403 g/mol. The highest BCUT2D eigenvalue weighted by Gasteiger charge is 2.16. The Kier molecular flexibility index (Phi) is 13.4. The highest BCUT2D eigenvalue weighted by Crippen LogP contribution is 2.15. The maximum Gasteiger partial charge on any atom is 0.330 e. The number of aryl methyl sites for hydroxylation is 1. The van der Waals surface area contributed by atoms with Crippen molar-refractivity contribution in [2.75, 3.05) is 27.2 Å². The Balaban J connectivity index is 2.16. The summed E-state index contributed by atoms with van der Waals surface area (Å²) in [4.78, 5) is 11.2. The number of esters is 1. The maximum atomic E-state index is 11.2. The van der Waals surface area contributed by atoms with Crippen molar-refractivity contribution in [1.29, 1.82) is 0 Å². The van der Waals surface area contributed by atoms with Gasteiger partial charge in [-0.25, -0.2) is 4.79 Å². The third kappa shape index (κ3) is 13.3. The zero-order valence-corrected chi connectivity index (χ0v) is 19.3. The van der Waals surface area contributed by atoms with E-state index in [1.54, 1.807) is 0 Å².